The maximum absolute atomic E-state index is 2.49. The van der Waals surface area contributed by atoms with Crippen molar-refractivity contribution in [1.82, 2.24) is 9.13 Å². The fourth-order valence-corrected chi connectivity index (χ4v) is 9.41. The summed E-state index contributed by atoms with van der Waals surface area (Å²) in [7, 11) is 0. The monoisotopic (exact) mass is 686 g/mol. The SMILES string of the molecule is C1=Cc2cc(-c3ccc(-n4c5ccccc5c5cc(-c6ccc7c(c6)c6cccc8c6n7-c6ccccc6-c6ccccc6-8)ccc54)cc3)ccc2CC1. The van der Waals surface area contributed by atoms with Gasteiger partial charge in [0.05, 0.1) is 27.8 Å². The predicted octanol–water partition coefficient (Wildman–Crippen LogP) is 13.8. The van der Waals surface area contributed by atoms with E-state index in [-0.39, 0.29) is 0 Å². The number of hydrogen-bond donors (Lipinski definition) is 0. The molecule has 0 fully saturated rings. The van der Waals surface area contributed by atoms with E-state index >= 15 is 0 Å². The number of benzene rings is 8. The second-order valence-corrected chi connectivity index (χ2v) is 14.8. The lowest BCUT2D eigenvalue weighted by Crippen LogP contribution is -1.95. The van der Waals surface area contributed by atoms with E-state index in [1.807, 2.05) is 0 Å². The molecule has 54 heavy (non-hydrogen) atoms. The molecule has 0 unspecified atom stereocenters. The summed E-state index contributed by atoms with van der Waals surface area (Å²) in [5, 5.41) is 5.08. The van der Waals surface area contributed by atoms with Crippen molar-refractivity contribution >= 4 is 49.7 Å². The summed E-state index contributed by atoms with van der Waals surface area (Å²) in [6, 6.07) is 63.3. The summed E-state index contributed by atoms with van der Waals surface area (Å²) in [5.74, 6) is 0. The van der Waals surface area contributed by atoms with Crippen LogP contribution in [-0.4, -0.2) is 9.13 Å². The molecule has 0 spiro atoms. The van der Waals surface area contributed by atoms with Crippen molar-refractivity contribution in [3.63, 3.8) is 0 Å². The Balaban J connectivity index is 1.000. The highest BCUT2D eigenvalue weighted by atomic mass is 15.0. The standard InChI is InChI=1S/C52H34N2/c1-2-11-35-30-36(21-20-33(35)10-1)34-22-26-39(27-23-34)53-48-18-7-6-15-43(48)46-31-37(24-28-50(46)53)38-25-29-51-47(32-38)45-17-9-16-44-41-13-4-3-12-40(41)42-14-5-8-19-49(42)54(51)52(44)45/h2-9,11-32H,1,10H2. The number of nitrogens with zero attached hydrogens (tertiary/aromatic N) is 2. The Kier molecular flexibility index (Phi) is 6.20. The van der Waals surface area contributed by atoms with E-state index in [1.54, 1.807) is 0 Å². The molecule has 0 amide bonds. The zero-order valence-electron chi connectivity index (χ0n) is 29.6. The molecule has 0 N–H and O–H groups in total. The largest absolute Gasteiger partial charge is 0.309 e. The first kappa shape index (κ1) is 29.7. The van der Waals surface area contributed by atoms with Crippen LogP contribution in [0, 0.1) is 0 Å². The maximum Gasteiger partial charge on any atom is 0.0619 e. The van der Waals surface area contributed by atoms with E-state index in [0.29, 0.717) is 0 Å². The van der Waals surface area contributed by atoms with Crippen LogP contribution in [-0.2, 0) is 6.42 Å². The lowest BCUT2D eigenvalue weighted by Gasteiger charge is -2.13. The predicted molar refractivity (Wildman–Crippen MR) is 228 cm³/mol. The van der Waals surface area contributed by atoms with Crippen molar-refractivity contribution in [2.45, 2.75) is 12.8 Å². The Labute approximate surface area is 313 Å². The van der Waals surface area contributed by atoms with E-state index in [9.17, 15) is 0 Å². The van der Waals surface area contributed by atoms with E-state index in [2.05, 4.69) is 191 Å². The van der Waals surface area contributed by atoms with Crippen LogP contribution in [0.3, 0.4) is 0 Å². The third-order valence-corrected chi connectivity index (χ3v) is 11.9. The normalized spacial score (nSPS) is 13.0. The fraction of sp³-hybridized carbons (Fsp3) is 0.0385. The van der Waals surface area contributed by atoms with Crippen LogP contribution in [0.2, 0.25) is 0 Å². The summed E-state index contributed by atoms with van der Waals surface area (Å²) in [5.41, 5.74) is 20.2. The zero-order valence-corrected chi connectivity index (χ0v) is 29.6. The van der Waals surface area contributed by atoms with Gasteiger partial charge in [-0.15, -0.1) is 0 Å². The number of aromatic nitrogens is 2. The molecule has 0 saturated heterocycles. The van der Waals surface area contributed by atoms with E-state index in [0.717, 1.165) is 12.8 Å². The van der Waals surface area contributed by atoms with Crippen LogP contribution in [0.5, 0.6) is 0 Å². The quantitative estimate of drug-likeness (QED) is 0.175. The first-order chi connectivity index (χ1) is 26.8. The van der Waals surface area contributed by atoms with Crippen molar-refractivity contribution in [3.05, 3.63) is 187 Å². The number of para-hydroxylation sites is 3. The first-order valence-corrected chi connectivity index (χ1v) is 19.0. The van der Waals surface area contributed by atoms with Gasteiger partial charge in [0.25, 0.3) is 0 Å². The third-order valence-electron chi connectivity index (χ3n) is 11.9. The van der Waals surface area contributed by atoms with Crippen molar-refractivity contribution in [1.29, 1.82) is 0 Å². The molecule has 2 aliphatic rings. The molecule has 2 heteroatoms. The van der Waals surface area contributed by atoms with Gasteiger partial charge >= 0.3 is 0 Å². The van der Waals surface area contributed by atoms with Crippen LogP contribution in [0.25, 0.3) is 106 Å². The number of allylic oxidation sites excluding steroid dienone is 1. The van der Waals surface area contributed by atoms with Gasteiger partial charge in [-0.3, -0.25) is 0 Å². The molecular weight excluding hydrogens is 653 g/mol. The van der Waals surface area contributed by atoms with Gasteiger partial charge in [-0.2, -0.15) is 0 Å². The van der Waals surface area contributed by atoms with Gasteiger partial charge < -0.3 is 9.13 Å². The van der Waals surface area contributed by atoms with Crippen LogP contribution in [0.1, 0.15) is 17.5 Å². The van der Waals surface area contributed by atoms with Crippen molar-refractivity contribution < 1.29 is 0 Å². The molecule has 2 nitrogen and oxygen atoms in total. The second-order valence-electron chi connectivity index (χ2n) is 14.8. The van der Waals surface area contributed by atoms with Crippen LogP contribution in [0.4, 0.5) is 0 Å². The molecule has 1 aliphatic heterocycles. The lowest BCUT2D eigenvalue weighted by atomic mass is 9.93. The molecule has 0 saturated carbocycles. The summed E-state index contributed by atoms with van der Waals surface area (Å²) in [6.07, 6.45) is 6.82. The average Bonchev–Trinajstić information content (AvgIpc) is 3.71. The van der Waals surface area contributed by atoms with Crippen LogP contribution in [0.15, 0.2) is 176 Å². The van der Waals surface area contributed by atoms with E-state index < -0.39 is 0 Å². The lowest BCUT2D eigenvalue weighted by molar-refractivity contribution is 0.986. The minimum atomic E-state index is 1.13. The van der Waals surface area contributed by atoms with E-state index in [4.69, 9.17) is 0 Å². The fourth-order valence-electron chi connectivity index (χ4n) is 9.41. The summed E-state index contributed by atoms with van der Waals surface area (Å²) >= 11 is 0. The van der Waals surface area contributed by atoms with Crippen molar-refractivity contribution in [2.75, 3.05) is 0 Å². The Morgan fingerprint density at radius 1 is 0.389 bits per heavy atom. The number of hydrogen-bond acceptors (Lipinski definition) is 0. The minimum Gasteiger partial charge on any atom is -0.309 e. The average molecular weight is 687 g/mol. The van der Waals surface area contributed by atoms with Crippen LogP contribution >= 0.6 is 0 Å². The Bertz CT molecular complexity index is 3200. The van der Waals surface area contributed by atoms with Gasteiger partial charge in [-0.1, -0.05) is 127 Å². The molecule has 8 aromatic carbocycles. The molecule has 12 rings (SSSR count). The van der Waals surface area contributed by atoms with E-state index in [1.165, 1.54) is 111 Å². The molecule has 0 radical (unpaired) electrons. The molecular formula is C52H34N2. The van der Waals surface area contributed by atoms with Gasteiger partial charge in [0, 0.05) is 38.4 Å². The Morgan fingerprint density at radius 3 is 1.81 bits per heavy atom. The number of fused-ring (bicyclic) bond motifs is 12. The molecule has 0 atom stereocenters. The molecule has 252 valence electrons. The molecule has 10 aromatic rings. The van der Waals surface area contributed by atoms with Gasteiger partial charge in [0.2, 0.25) is 0 Å². The smallest absolute Gasteiger partial charge is 0.0619 e. The van der Waals surface area contributed by atoms with Gasteiger partial charge in [-0.25, -0.2) is 0 Å². The van der Waals surface area contributed by atoms with Crippen LogP contribution < -0.4 is 0 Å². The second kappa shape index (κ2) is 11.3. The number of rotatable bonds is 3. The minimum absolute atomic E-state index is 1.13. The van der Waals surface area contributed by atoms with Crippen molar-refractivity contribution in [3.8, 4) is 55.9 Å². The first-order valence-electron chi connectivity index (χ1n) is 19.0. The molecule has 3 heterocycles. The Hall–Kier alpha value is -6.90. The summed E-state index contributed by atoms with van der Waals surface area (Å²) in [6.45, 7) is 0. The molecule has 1 aliphatic carbocycles. The van der Waals surface area contributed by atoms with Gasteiger partial charge in [0.15, 0.2) is 0 Å². The Morgan fingerprint density at radius 2 is 0.981 bits per heavy atom. The molecule has 0 bridgehead atoms. The topological polar surface area (TPSA) is 9.86 Å². The number of aryl methyl sites for hydroxylation is 1. The highest BCUT2D eigenvalue weighted by molar-refractivity contribution is 6.17. The summed E-state index contributed by atoms with van der Waals surface area (Å²) in [4.78, 5) is 0. The van der Waals surface area contributed by atoms with Crippen molar-refractivity contribution in [2.24, 2.45) is 0 Å². The highest BCUT2D eigenvalue weighted by Gasteiger charge is 2.24. The summed E-state index contributed by atoms with van der Waals surface area (Å²) < 4.78 is 4.91. The molecule has 2 aromatic heterocycles. The highest BCUT2D eigenvalue weighted by Crippen LogP contribution is 2.47. The van der Waals surface area contributed by atoms with Gasteiger partial charge in [0.1, 0.15) is 0 Å². The third kappa shape index (κ3) is 4.22. The van der Waals surface area contributed by atoms with Gasteiger partial charge in [-0.05, 0) is 112 Å². The maximum atomic E-state index is 2.49. The zero-order chi connectivity index (χ0) is 35.3.